The van der Waals surface area contributed by atoms with Crippen LogP contribution >= 0.6 is 0 Å². The Morgan fingerprint density at radius 1 is 1.07 bits per heavy atom. The van der Waals surface area contributed by atoms with Crippen molar-refractivity contribution in [2.45, 2.75) is 6.92 Å². The minimum atomic E-state index is -0.827. The molecule has 2 atom stereocenters. The van der Waals surface area contributed by atoms with Crippen molar-refractivity contribution in [3.05, 3.63) is 77.3 Å². The van der Waals surface area contributed by atoms with Gasteiger partial charge in [-0.15, -0.1) is 0 Å². The summed E-state index contributed by atoms with van der Waals surface area (Å²) in [5.74, 6) is -2.73. The molecule has 2 unspecified atom stereocenters. The second kappa shape index (κ2) is 6.72. The molecule has 134 valence electrons. The topological polar surface area (TPSA) is 85.7 Å². The van der Waals surface area contributed by atoms with Crippen molar-refractivity contribution >= 4 is 23.2 Å². The minimum absolute atomic E-state index is 0.0393. The summed E-state index contributed by atoms with van der Waals surface area (Å²) >= 11 is 0. The number of Topliss-reactive ketones (excluding diaryl/α,β-unsaturated/α-hetero) is 2. The number of nitrogens with zero attached hydrogens (tertiary/aromatic N) is 2. The van der Waals surface area contributed by atoms with Gasteiger partial charge in [-0.3, -0.25) is 14.6 Å². The lowest BCUT2D eigenvalue weighted by atomic mass is 9.70. The van der Waals surface area contributed by atoms with E-state index in [2.05, 4.69) is 9.98 Å². The van der Waals surface area contributed by atoms with E-state index in [-0.39, 0.29) is 29.6 Å². The molecule has 1 aromatic heterocycles. The normalized spacial score (nSPS) is 20.9. The summed E-state index contributed by atoms with van der Waals surface area (Å²) in [7, 11) is 0. The summed E-state index contributed by atoms with van der Waals surface area (Å²) in [6.07, 6.45) is 2.92. The first-order valence-corrected chi connectivity index (χ1v) is 8.68. The van der Waals surface area contributed by atoms with Crippen LogP contribution in [-0.2, 0) is 9.53 Å². The zero-order valence-electron chi connectivity index (χ0n) is 14.6. The number of pyridine rings is 1. The Hall–Kier alpha value is -3.41. The third-order valence-corrected chi connectivity index (χ3v) is 4.68. The Balaban J connectivity index is 1.90. The van der Waals surface area contributed by atoms with E-state index in [0.29, 0.717) is 16.8 Å². The summed E-state index contributed by atoms with van der Waals surface area (Å²) < 4.78 is 5.05. The van der Waals surface area contributed by atoms with Gasteiger partial charge in [-0.2, -0.15) is 0 Å². The molecule has 4 rings (SSSR count). The Kier molecular flexibility index (Phi) is 4.24. The smallest absolute Gasteiger partial charge is 0.356 e. The molecule has 6 nitrogen and oxygen atoms in total. The van der Waals surface area contributed by atoms with Gasteiger partial charge >= 0.3 is 5.97 Å². The van der Waals surface area contributed by atoms with E-state index in [1.165, 1.54) is 12.3 Å². The number of hydrogen-bond donors (Lipinski definition) is 0. The minimum Gasteiger partial charge on any atom is -0.461 e. The first kappa shape index (κ1) is 17.0. The molecule has 2 aromatic rings. The quantitative estimate of drug-likeness (QED) is 0.786. The van der Waals surface area contributed by atoms with Gasteiger partial charge in [0.25, 0.3) is 0 Å². The van der Waals surface area contributed by atoms with Gasteiger partial charge in [-0.25, -0.2) is 9.79 Å². The Bertz CT molecular complexity index is 1010. The lowest BCUT2D eigenvalue weighted by Gasteiger charge is -2.32. The van der Waals surface area contributed by atoms with Crippen LogP contribution in [0.1, 0.15) is 33.3 Å². The van der Waals surface area contributed by atoms with Gasteiger partial charge in [0.2, 0.25) is 0 Å². The van der Waals surface area contributed by atoms with Gasteiger partial charge in [0.1, 0.15) is 11.4 Å². The fourth-order valence-corrected chi connectivity index (χ4v) is 3.48. The number of rotatable bonds is 3. The van der Waals surface area contributed by atoms with Crippen molar-refractivity contribution in [2.24, 2.45) is 16.8 Å². The van der Waals surface area contributed by atoms with Gasteiger partial charge in [0.15, 0.2) is 11.6 Å². The Morgan fingerprint density at radius 2 is 1.85 bits per heavy atom. The van der Waals surface area contributed by atoms with E-state index in [0.717, 1.165) is 0 Å². The number of esters is 1. The number of hydrogen-bond acceptors (Lipinski definition) is 6. The molecular weight excluding hydrogens is 344 g/mol. The number of aromatic nitrogens is 1. The summed E-state index contributed by atoms with van der Waals surface area (Å²) in [6, 6.07) is 12.3. The van der Waals surface area contributed by atoms with Crippen LogP contribution in [0.4, 0.5) is 0 Å². The molecule has 0 spiro atoms. The number of ether oxygens (including phenoxy) is 1. The number of fused-ring (bicyclic) bond motifs is 2. The maximum absolute atomic E-state index is 13.2. The van der Waals surface area contributed by atoms with Gasteiger partial charge in [-0.1, -0.05) is 30.3 Å². The highest BCUT2D eigenvalue weighted by Gasteiger charge is 2.46. The number of carbonyl (C=O) groups is 3. The highest BCUT2D eigenvalue weighted by Crippen LogP contribution is 2.36. The van der Waals surface area contributed by atoms with E-state index in [9.17, 15) is 14.4 Å². The van der Waals surface area contributed by atoms with Gasteiger partial charge in [0.05, 0.1) is 24.2 Å². The molecule has 27 heavy (non-hydrogen) atoms. The van der Waals surface area contributed by atoms with E-state index < -0.39 is 17.8 Å². The molecule has 0 saturated carbocycles. The molecule has 0 N–H and O–H groups in total. The lowest BCUT2D eigenvalue weighted by molar-refractivity contribution is -0.138. The third-order valence-electron chi connectivity index (χ3n) is 4.68. The second-order valence-corrected chi connectivity index (χ2v) is 6.27. The molecule has 2 aliphatic rings. The average Bonchev–Trinajstić information content (AvgIpc) is 2.72. The molecule has 1 aromatic carbocycles. The molecule has 2 heterocycles. The number of benzene rings is 1. The molecule has 0 radical (unpaired) electrons. The number of ketones is 2. The summed E-state index contributed by atoms with van der Waals surface area (Å²) in [5.41, 5.74) is 1.56. The van der Waals surface area contributed by atoms with Crippen LogP contribution in [0.25, 0.3) is 0 Å². The standard InChI is InChI=1S/C21H16N2O4/c1-2-27-21(26)15-11-14-16(17(23-15)12-7-4-3-5-8-12)19(24)13-9-6-10-22-18(13)20(14)25/h3-11,14,16H,2H2,1H3. The number of allylic oxidation sites excluding steroid dienone is 1. The van der Waals surface area contributed by atoms with Crippen molar-refractivity contribution in [2.75, 3.05) is 6.61 Å². The highest BCUT2D eigenvalue weighted by atomic mass is 16.5. The van der Waals surface area contributed by atoms with E-state index in [1.807, 2.05) is 18.2 Å². The van der Waals surface area contributed by atoms with Crippen molar-refractivity contribution in [1.82, 2.24) is 4.98 Å². The van der Waals surface area contributed by atoms with Gasteiger partial charge in [0, 0.05) is 11.8 Å². The average molecular weight is 360 g/mol. The van der Waals surface area contributed by atoms with E-state index in [4.69, 9.17) is 4.74 Å². The van der Waals surface area contributed by atoms with Gasteiger partial charge < -0.3 is 4.74 Å². The fourth-order valence-electron chi connectivity index (χ4n) is 3.48. The van der Waals surface area contributed by atoms with Crippen LogP contribution in [0.2, 0.25) is 0 Å². The van der Waals surface area contributed by atoms with Crippen molar-refractivity contribution in [3.63, 3.8) is 0 Å². The van der Waals surface area contributed by atoms with Crippen molar-refractivity contribution in [1.29, 1.82) is 0 Å². The monoisotopic (exact) mass is 360 g/mol. The highest BCUT2D eigenvalue weighted by molar-refractivity contribution is 6.27. The molecule has 0 amide bonds. The zero-order chi connectivity index (χ0) is 19.0. The van der Waals surface area contributed by atoms with Crippen LogP contribution in [-0.4, -0.2) is 34.8 Å². The maximum Gasteiger partial charge on any atom is 0.356 e. The molecule has 0 saturated heterocycles. The molecule has 0 fully saturated rings. The summed E-state index contributed by atoms with van der Waals surface area (Å²) in [4.78, 5) is 47.0. The van der Waals surface area contributed by atoms with Crippen LogP contribution in [0, 0.1) is 11.8 Å². The first-order valence-electron chi connectivity index (χ1n) is 8.68. The molecule has 1 aliphatic carbocycles. The Morgan fingerprint density at radius 3 is 2.59 bits per heavy atom. The second-order valence-electron chi connectivity index (χ2n) is 6.27. The SMILES string of the molecule is CCOC(=O)C1=CC2C(=O)c3ncccc3C(=O)C2C(c2ccccc2)=N1. The van der Waals surface area contributed by atoms with Crippen LogP contribution in [0.5, 0.6) is 0 Å². The van der Waals surface area contributed by atoms with Crippen molar-refractivity contribution < 1.29 is 19.1 Å². The number of aliphatic imine (C=N–C) groups is 1. The Labute approximate surface area is 155 Å². The summed E-state index contributed by atoms with van der Waals surface area (Å²) in [5, 5.41) is 0. The maximum atomic E-state index is 13.2. The third kappa shape index (κ3) is 2.79. The number of carbonyl (C=O) groups excluding carboxylic acids is 3. The van der Waals surface area contributed by atoms with Crippen LogP contribution < -0.4 is 0 Å². The predicted molar refractivity (Wildman–Crippen MR) is 97.6 cm³/mol. The molecular formula is C21H16N2O4. The molecule has 0 bridgehead atoms. The summed E-state index contributed by atoms with van der Waals surface area (Å²) in [6.45, 7) is 1.89. The van der Waals surface area contributed by atoms with E-state index >= 15 is 0 Å². The molecule has 1 aliphatic heterocycles. The molecule has 6 heteroatoms. The largest absolute Gasteiger partial charge is 0.461 e. The lowest BCUT2D eigenvalue weighted by Crippen LogP contribution is -2.43. The van der Waals surface area contributed by atoms with Crippen LogP contribution in [0.3, 0.4) is 0 Å². The van der Waals surface area contributed by atoms with E-state index in [1.54, 1.807) is 31.2 Å². The zero-order valence-corrected chi connectivity index (χ0v) is 14.6. The van der Waals surface area contributed by atoms with Crippen LogP contribution in [0.15, 0.2) is 65.4 Å². The van der Waals surface area contributed by atoms with Crippen molar-refractivity contribution in [3.8, 4) is 0 Å². The predicted octanol–water partition coefficient (Wildman–Crippen LogP) is 2.64. The van der Waals surface area contributed by atoms with Gasteiger partial charge in [-0.05, 0) is 30.7 Å². The fraction of sp³-hybridized carbons (Fsp3) is 0.190. The first-order chi connectivity index (χ1) is 13.1.